The molecule has 132 valence electrons. The highest BCUT2D eigenvalue weighted by molar-refractivity contribution is 8.00. The molecule has 0 aliphatic heterocycles. The number of rotatable bonds is 4. The topological polar surface area (TPSA) is 53.2 Å². The van der Waals surface area contributed by atoms with Crippen LogP contribution in [0.2, 0.25) is 0 Å². The minimum Gasteiger partial charge on any atom is -0.358 e. The maximum Gasteiger partial charge on any atom is 0.248 e. The van der Waals surface area contributed by atoms with E-state index in [9.17, 15) is 9.18 Å². The summed E-state index contributed by atoms with van der Waals surface area (Å²) in [5, 5.41) is 3.74. The maximum absolute atomic E-state index is 12.8. The van der Waals surface area contributed by atoms with Gasteiger partial charge in [-0.3, -0.25) is 15.6 Å². The highest BCUT2D eigenvalue weighted by Crippen LogP contribution is 2.29. The lowest BCUT2D eigenvalue weighted by molar-refractivity contribution is -0.119. The van der Waals surface area contributed by atoms with Crippen LogP contribution in [0.5, 0.6) is 0 Å². The van der Waals surface area contributed by atoms with Gasteiger partial charge in [-0.05, 0) is 54.7 Å². The summed E-state index contributed by atoms with van der Waals surface area (Å²) < 4.78 is 12.8. The Labute approximate surface area is 152 Å². The van der Waals surface area contributed by atoms with E-state index in [0.29, 0.717) is 23.0 Å². The second-order valence-electron chi connectivity index (χ2n) is 6.26. The van der Waals surface area contributed by atoms with Gasteiger partial charge in [0.15, 0.2) is 5.11 Å². The van der Waals surface area contributed by atoms with Crippen molar-refractivity contribution in [3.63, 3.8) is 0 Å². The molecule has 1 aliphatic carbocycles. The van der Waals surface area contributed by atoms with E-state index in [0.717, 1.165) is 11.3 Å². The van der Waals surface area contributed by atoms with Crippen molar-refractivity contribution < 1.29 is 9.18 Å². The predicted molar refractivity (Wildman–Crippen MR) is 100 cm³/mol. The molecule has 1 aliphatic rings. The van der Waals surface area contributed by atoms with Crippen molar-refractivity contribution in [3.8, 4) is 0 Å². The number of hydrogen-bond donors (Lipinski definition) is 3. The number of carbonyl (C=O) groups is 1. The summed E-state index contributed by atoms with van der Waals surface area (Å²) in [5.41, 5.74) is 5.35. The quantitative estimate of drug-likeness (QED) is 0.432. The molecule has 1 aromatic rings. The number of benzene rings is 1. The first-order chi connectivity index (χ1) is 11.5. The van der Waals surface area contributed by atoms with E-state index in [1.54, 1.807) is 12.1 Å². The zero-order valence-electron chi connectivity index (χ0n) is 14.0. The molecule has 1 amide bonds. The van der Waals surface area contributed by atoms with E-state index in [2.05, 4.69) is 30.0 Å². The van der Waals surface area contributed by atoms with E-state index < -0.39 is 0 Å². The molecule has 1 saturated carbocycles. The SMILES string of the molecule is C[C@@H]1[C@@H](C)CCC[C@H]1NC(=S)NNC(=O)CSc1ccc(F)cc1. The van der Waals surface area contributed by atoms with Gasteiger partial charge in [-0.25, -0.2) is 4.39 Å². The molecule has 0 saturated heterocycles. The Hall–Kier alpha value is -1.34. The summed E-state index contributed by atoms with van der Waals surface area (Å²) in [5.74, 6) is 1.01. The Morgan fingerprint density at radius 2 is 1.96 bits per heavy atom. The Bertz CT molecular complexity index is 567. The predicted octanol–water partition coefficient (Wildman–Crippen LogP) is 3.24. The molecule has 0 unspecified atom stereocenters. The van der Waals surface area contributed by atoms with Gasteiger partial charge in [0.1, 0.15) is 5.82 Å². The third-order valence-electron chi connectivity index (χ3n) is 4.52. The van der Waals surface area contributed by atoms with E-state index in [4.69, 9.17) is 12.2 Å². The molecule has 1 aromatic carbocycles. The Morgan fingerprint density at radius 3 is 2.67 bits per heavy atom. The summed E-state index contributed by atoms with van der Waals surface area (Å²) in [4.78, 5) is 12.7. The van der Waals surface area contributed by atoms with Gasteiger partial charge >= 0.3 is 0 Å². The van der Waals surface area contributed by atoms with Crippen molar-refractivity contribution >= 4 is 35.0 Å². The minimum absolute atomic E-state index is 0.182. The summed E-state index contributed by atoms with van der Waals surface area (Å²) in [6.07, 6.45) is 3.56. The normalized spacial score (nSPS) is 23.4. The van der Waals surface area contributed by atoms with Crippen molar-refractivity contribution in [1.82, 2.24) is 16.2 Å². The van der Waals surface area contributed by atoms with Crippen LogP contribution in [0.25, 0.3) is 0 Å². The zero-order valence-corrected chi connectivity index (χ0v) is 15.6. The Kier molecular flexibility index (Phi) is 7.30. The van der Waals surface area contributed by atoms with Gasteiger partial charge in [0.25, 0.3) is 0 Å². The van der Waals surface area contributed by atoms with E-state index in [1.165, 1.54) is 36.7 Å². The van der Waals surface area contributed by atoms with Crippen LogP contribution >= 0.6 is 24.0 Å². The van der Waals surface area contributed by atoms with Crippen LogP contribution in [0.1, 0.15) is 33.1 Å². The van der Waals surface area contributed by atoms with Crippen LogP contribution in [0, 0.1) is 17.7 Å². The number of carbonyl (C=O) groups excluding carboxylic acids is 1. The third-order valence-corrected chi connectivity index (χ3v) is 5.75. The molecule has 24 heavy (non-hydrogen) atoms. The average Bonchev–Trinajstić information content (AvgIpc) is 2.56. The Morgan fingerprint density at radius 1 is 1.25 bits per heavy atom. The van der Waals surface area contributed by atoms with Crippen molar-refractivity contribution in [3.05, 3.63) is 30.1 Å². The summed E-state index contributed by atoms with van der Waals surface area (Å²) in [6.45, 7) is 4.51. The van der Waals surface area contributed by atoms with Crippen molar-refractivity contribution in [2.45, 2.75) is 44.0 Å². The van der Waals surface area contributed by atoms with E-state index >= 15 is 0 Å². The average molecular weight is 370 g/mol. The van der Waals surface area contributed by atoms with Crippen LogP contribution in [0.3, 0.4) is 0 Å². The molecule has 0 radical (unpaired) electrons. The van der Waals surface area contributed by atoms with Crippen LogP contribution in [0.15, 0.2) is 29.2 Å². The van der Waals surface area contributed by atoms with Crippen molar-refractivity contribution in [2.75, 3.05) is 5.75 Å². The van der Waals surface area contributed by atoms with Gasteiger partial charge in [0, 0.05) is 10.9 Å². The van der Waals surface area contributed by atoms with Crippen LogP contribution in [0.4, 0.5) is 4.39 Å². The molecular formula is C17H24FN3OS2. The number of thioether (sulfide) groups is 1. The molecule has 2 rings (SSSR count). The highest BCUT2D eigenvalue weighted by atomic mass is 32.2. The lowest BCUT2D eigenvalue weighted by atomic mass is 9.78. The number of nitrogens with one attached hydrogen (secondary N) is 3. The smallest absolute Gasteiger partial charge is 0.248 e. The highest BCUT2D eigenvalue weighted by Gasteiger charge is 2.27. The fraction of sp³-hybridized carbons (Fsp3) is 0.529. The molecule has 0 aromatic heterocycles. The lowest BCUT2D eigenvalue weighted by Crippen LogP contribution is -2.52. The monoisotopic (exact) mass is 369 g/mol. The minimum atomic E-state index is -0.284. The molecule has 1 fully saturated rings. The lowest BCUT2D eigenvalue weighted by Gasteiger charge is -2.35. The maximum atomic E-state index is 12.8. The van der Waals surface area contributed by atoms with Crippen LogP contribution in [-0.4, -0.2) is 22.8 Å². The molecule has 0 heterocycles. The largest absolute Gasteiger partial charge is 0.358 e. The van der Waals surface area contributed by atoms with Crippen molar-refractivity contribution in [1.29, 1.82) is 0 Å². The summed E-state index contributed by atoms with van der Waals surface area (Å²) >= 11 is 6.59. The molecule has 0 spiro atoms. The number of amides is 1. The number of hydrogen-bond acceptors (Lipinski definition) is 3. The first kappa shape index (κ1) is 19.0. The van der Waals surface area contributed by atoms with Gasteiger partial charge in [0.05, 0.1) is 5.75 Å². The fourth-order valence-corrected chi connectivity index (χ4v) is 3.73. The van der Waals surface area contributed by atoms with E-state index in [-0.39, 0.29) is 17.5 Å². The van der Waals surface area contributed by atoms with Gasteiger partial charge in [0.2, 0.25) is 5.91 Å². The summed E-state index contributed by atoms with van der Waals surface area (Å²) in [7, 11) is 0. The first-order valence-corrected chi connectivity index (χ1v) is 9.59. The molecule has 3 N–H and O–H groups in total. The van der Waals surface area contributed by atoms with Crippen LogP contribution in [-0.2, 0) is 4.79 Å². The third kappa shape index (κ3) is 5.94. The van der Waals surface area contributed by atoms with Gasteiger partial charge in [-0.1, -0.05) is 26.7 Å². The molecule has 0 bridgehead atoms. The second kappa shape index (κ2) is 9.22. The van der Waals surface area contributed by atoms with Gasteiger partial charge in [-0.2, -0.15) is 0 Å². The van der Waals surface area contributed by atoms with Gasteiger partial charge in [-0.15, -0.1) is 11.8 Å². The van der Waals surface area contributed by atoms with E-state index in [1.807, 2.05) is 0 Å². The number of halogens is 1. The number of thiocarbonyl (C=S) groups is 1. The number of hydrazine groups is 1. The molecular weight excluding hydrogens is 345 g/mol. The summed E-state index contributed by atoms with van der Waals surface area (Å²) in [6, 6.07) is 6.41. The fourth-order valence-electron chi connectivity index (χ4n) is 2.83. The molecule has 3 atom stereocenters. The standard InChI is InChI=1S/C17H24FN3OS2/c1-11-4-3-5-15(12(11)2)19-17(23)21-20-16(22)10-24-14-8-6-13(18)7-9-14/h6-9,11-12,15H,3-5,10H2,1-2H3,(H,20,22)(H2,19,21,23)/t11-,12+,15+/m0/s1. The Balaban J connectivity index is 1.67. The molecule has 7 heteroatoms. The van der Waals surface area contributed by atoms with Crippen molar-refractivity contribution in [2.24, 2.45) is 11.8 Å². The zero-order chi connectivity index (χ0) is 17.5. The first-order valence-electron chi connectivity index (χ1n) is 8.19. The second-order valence-corrected chi connectivity index (χ2v) is 7.72. The van der Waals surface area contributed by atoms with Gasteiger partial charge < -0.3 is 5.32 Å². The molecule has 4 nitrogen and oxygen atoms in total. The van der Waals surface area contributed by atoms with Crippen LogP contribution < -0.4 is 16.2 Å².